The van der Waals surface area contributed by atoms with Crippen molar-refractivity contribution in [3.63, 3.8) is 0 Å². The molecule has 1 saturated heterocycles. The number of amides is 1. The van der Waals surface area contributed by atoms with Crippen molar-refractivity contribution < 1.29 is 9.72 Å². The van der Waals surface area contributed by atoms with Gasteiger partial charge >= 0.3 is 0 Å². The molecule has 0 atom stereocenters. The van der Waals surface area contributed by atoms with Crippen LogP contribution in [0.5, 0.6) is 0 Å². The predicted octanol–water partition coefficient (Wildman–Crippen LogP) is 3.41. The molecule has 2 heterocycles. The highest BCUT2D eigenvalue weighted by Gasteiger charge is 2.21. The van der Waals surface area contributed by atoms with Crippen molar-refractivity contribution in [3.05, 3.63) is 88.7 Å². The molecule has 31 heavy (non-hydrogen) atoms. The van der Waals surface area contributed by atoms with Crippen LogP contribution in [-0.2, 0) is 4.79 Å². The van der Waals surface area contributed by atoms with Crippen molar-refractivity contribution in [2.45, 2.75) is 0 Å². The van der Waals surface area contributed by atoms with Crippen molar-refractivity contribution in [2.24, 2.45) is 0 Å². The monoisotopic (exact) mass is 415 g/mol. The topological polar surface area (TPSA) is 92.5 Å². The second kappa shape index (κ2) is 9.17. The van der Waals surface area contributed by atoms with E-state index in [1.807, 2.05) is 36.4 Å². The fourth-order valence-electron chi connectivity index (χ4n) is 3.42. The third-order valence-electron chi connectivity index (χ3n) is 5.16. The van der Waals surface area contributed by atoms with Gasteiger partial charge in [-0.1, -0.05) is 30.3 Å². The number of benzene rings is 2. The van der Waals surface area contributed by atoms with Crippen LogP contribution in [0.4, 0.5) is 11.5 Å². The van der Waals surface area contributed by atoms with Crippen LogP contribution in [-0.4, -0.2) is 51.9 Å². The number of piperazine rings is 1. The van der Waals surface area contributed by atoms with Gasteiger partial charge in [-0.2, -0.15) is 0 Å². The van der Waals surface area contributed by atoms with Crippen LogP contribution in [0, 0.1) is 10.1 Å². The van der Waals surface area contributed by atoms with Gasteiger partial charge in [0.2, 0.25) is 5.91 Å². The molecule has 0 aliphatic carbocycles. The van der Waals surface area contributed by atoms with E-state index in [-0.39, 0.29) is 11.6 Å². The normalized spacial score (nSPS) is 14.1. The Balaban J connectivity index is 1.35. The summed E-state index contributed by atoms with van der Waals surface area (Å²) in [5, 5.41) is 10.7. The molecular weight excluding hydrogens is 394 g/mol. The minimum Gasteiger partial charge on any atom is -0.353 e. The molecule has 156 valence electrons. The molecule has 2 aromatic carbocycles. The summed E-state index contributed by atoms with van der Waals surface area (Å²) in [5.74, 6) is 0.771. The first-order chi connectivity index (χ1) is 15.1. The molecule has 0 N–H and O–H groups in total. The molecule has 0 bridgehead atoms. The Morgan fingerprint density at radius 3 is 2.35 bits per heavy atom. The lowest BCUT2D eigenvalue weighted by Gasteiger charge is -2.35. The maximum Gasteiger partial charge on any atom is 0.269 e. The predicted molar refractivity (Wildman–Crippen MR) is 118 cm³/mol. The van der Waals surface area contributed by atoms with E-state index in [9.17, 15) is 14.9 Å². The summed E-state index contributed by atoms with van der Waals surface area (Å²) in [6.07, 6.45) is 4.76. The highest BCUT2D eigenvalue weighted by molar-refractivity contribution is 5.92. The molecule has 1 aliphatic heterocycles. The molecule has 1 fully saturated rings. The number of non-ortho nitro benzene ring substituents is 1. The maximum absolute atomic E-state index is 12.5. The number of nitro benzene ring substituents is 1. The molecule has 4 rings (SSSR count). The van der Waals surface area contributed by atoms with Crippen LogP contribution in [0.25, 0.3) is 17.3 Å². The zero-order chi connectivity index (χ0) is 21.6. The van der Waals surface area contributed by atoms with E-state index in [0.29, 0.717) is 26.2 Å². The highest BCUT2D eigenvalue weighted by atomic mass is 16.6. The molecular formula is C23H21N5O3. The molecule has 8 nitrogen and oxygen atoms in total. The molecule has 0 spiro atoms. The molecule has 0 radical (unpaired) electrons. The van der Waals surface area contributed by atoms with Crippen LogP contribution >= 0.6 is 0 Å². The summed E-state index contributed by atoms with van der Waals surface area (Å²) in [6, 6.07) is 18.0. The van der Waals surface area contributed by atoms with Gasteiger partial charge in [0.1, 0.15) is 12.1 Å². The summed E-state index contributed by atoms with van der Waals surface area (Å²) >= 11 is 0. The fraction of sp³-hybridized carbons (Fsp3) is 0.174. The van der Waals surface area contributed by atoms with E-state index in [0.717, 1.165) is 22.6 Å². The Labute approximate surface area is 179 Å². The standard InChI is InChI=1S/C23H21N5O3/c29-23(11-8-18-6-9-20(10-7-18)28(30)31)27-14-12-26(13-15-27)22-16-21(24-17-25-22)19-4-2-1-3-5-19/h1-11,16-17H,12-15H2/b11-8+. The van der Waals surface area contributed by atoms with Crippen molar-refractivity contribution in [1.29, 1.82) is 0 Å². The number of anilines is 1. The van der Waals surface area contributed by atoms with Crippen LogP contribution < -0.4 is 4.90 Å². The maximum atomic E-state index is 12.5. The first-order valence-corrected chi connectivity index (χ1v) is 9.94. The van der Waals surface area contributed by atoms with E-state index in [2.05, 4.69) is 14.9 Å². The van der Waals surface area contributed by atoms with Gasteiger partial charge in [-0.25, -0.2) is 9.97 Å². The summed E-state index contributed by atoms with van der Waals surface area (Å²) < 4.78 is 0. The number of nitro groups is 1. The number of rotatable bonds is 5. The Morgan fingerprint density at radius 1 is 0.968 bits per heavy atom. The Hall–Kier alpha value is -4.07. The fourth-order valence-corrected chi connectivity index (χ4v) is 3.42. The number of hydrogen-bond acceptors (Lipinski definition) is 6. The zero-order valence-electron chi connectivity index (χ0n) is 16.8. The first-order valence-electron chi connectivity index (χ1n) is 9.94. The summed E-state index contributed by atoms with van der Waals surface area (Å²) in [5.41, 5.74) is 2.68. The average Bonchev–Trinajstić information content (AvgIpc) is 2.83. The van der Waals surface area contributed by atoms with Gasteiger partial charge in [-0.05, 0) is 23.8 Å². The number of aromatic nitrogens is 2. The van der Waals surface area contributed by atoms with Crippen LogP contribution in [0.2, 0.25) is 0 Å². The lowest BCUT2D eigenvalue weighted by molar-refractivity contribution is -0.384. The van der Waals surface area contributed by atoms with Crippen molar-refractivity contribution in [2.75, 3.05) is 31.1 Å². The van der Waals surface area contributed by atoms with Crippen LogP contribution in [0.15, 0.2) is 73.1 Å². The van der Waals surface area contributed by atoms with Crippen molar-refractivity contribution in [1.82, 2.24) is 14.9 Å². The molecule has 1 aliphatic rings. The lowest BCUT2D eigenvalue weighted by Crippen LogP contribution is -2.48. The molecule has 0 saturated carbocycles. The molecule has 3 aromatic rings. The second-order valence-corrected chi connectivity index (χ2v) is 7.12. The summed E-state index contributed by atoms with van der Waals surface area (Å²) in [7, 11) is 0. The zero-order valence-corrected chi connectivity index (χ0v) is 16.8. The SMILES string of the molecule is O=C(/C=C/c1ccc([N+](=O)[O-])cc1)N1CCN(c2cc(-c3ccccc3)ncn2)CC1. The molecule has 1 aromatic heterocycles. The highest BCUT2D eigenvalue weighted by Crippen LogP contribution is 2.21. The summed E-state index contributed by atoms with van der Waals surface area (Å²) in [6.45, 7) is 2.55. The van der Waals surface area contributed by atoms with Gasteiger partial charge in [0.05, 0.1) is 10.6 Å². The van der Waals surface area contributed by atoms with Gasteiger partial charge in [0, 0.05) is 56.0 Å². The number of carbonyl (C=O) groups excluding carboxylic acids is 1. The molecule has 8 heteroatoms. The van der Waals surface area contributed by atoms with E-state index in [1.165, 1.54) is 18.2 Å². The Morgan fingerprint density at radius 2 is 1.68 bits per heavy atom. The van der Waals surface area contributed by atoms with Gasteiger partial charge in [-0.3, -0.25) is 14.9 Å². The van der Waals surface area contributed by atoms with Gasteiger partial charge in [0.25, 0.3) is 5.69 Å². The van der Waals surface area contributed by atoms with Crippen LogP contribution in [0.1, 0.15) is 5.56 Å². The molecule has 0 unspecified atom stereocenters. The third-order valence-corrected chi connectivity index (χ3v) is 5.16. The minimum atomic E-state index is -0.446. The van der Waals surface area contributed by atoms with Gasteiger partial charge in [-0.15, -0.1) is 0 Å². The van der Waals surface area contributed by atoms with Crippen molar-refractivity contribution >= 4 is 23.5 Å². The summed E-state index contributed by atoms with van der Waals surface area (Å²) in [4.78, 5) is 35.5. The number of carbonyl (C=O) groups is 1. The van der Waals surface area contributed by atoms with E-state index in [4.69, 9.17) is 0 Å². The number of nitrogens with zero attached hydrogens (tertiary/aromatic N) is 5. The average molecular weight is 415 g/mol. The first kappa shape index (κ1) is 20.2. The van der Waals surface area contributed by atoms with Gasteiger partial charge < -0.3 is 9.80 Å². The smallest absolute Gasteiger partial charge is 0.269 e. The van der Waals surface area contributed by atoms with E-state index >= 15 is 0 Å². The largest absolute Gasteiger partial charge is 0.353 e. The lowest BCUT2D eigenvalue weighted by atomic mass is 10.1. The van der Waals surface area contributed by atoms with Crippen LogP contribution in [0.3, 0.4) is 0 Å². The minimum absolute atomic E-state index is 0.0275. The molecule has 1 amide bonds. The quantitative estimate of drug-likeness (QED) is 0.360. The Bertz CT molecular complexity index is 1090. The van der Waals surface area contributed by atoms with E-state index in [1.54, 1.807) is 29.4 Å². The third kappa shape index (κ3) is 4.92. The number of hydrogen-bond donors (Lipinski definition) is 0. The van der Waals surface area contributed by atoms with Crippen molar-refractivity contribution in [3.8, 4) is 11.3 Å². The Kier molecular flexibility index (Phi) is 5.98. The second-order valence-electron chi connectivity index (χ2n) is 7.12. The van der Waals surface area contributed by atoms with Gasteiger partial charge in [0.15, 0.2) is 0 Å². The van der Waals surface area contributed by atoms with E-state index < -0.39 is 4.92 Å².